The molecule has 3 aliphatic heterocycles. The van der Waals surface area contributed by atoms with Gasteiger partial charge in [-0.1, -0.05) is 34.6 Å². The normalized spacial score (nSPS) is 22.2. The van der Waals surface area contributed by atoms with Gasteiger partial charge in [-0.15, -0.1) is 0 Å². The van der Waals surface area contributed by atoms with Gasteiger partial charge in [0.2, 0.25) is 17.7 Å². The maximum absolute atomic E-state index is 14.0. The highest BCUT2D eigenvalue weighted by Gasteiger charge is 2.53. The molecule has 0 spiro atoms. The SMILES string of the molecule is CC(=O)NC(CC(C)(C)C)C(=O)N1CC(=O)C2C1CCN2C(=O)C(CC(C)C)NC(=O)c1ccc(N2CCN(C)CC2)cc1. The largest absolute Gasteiger partial charge is 0.369 e. The molecule has 11 heteroatoms. The minimum absolute atomic E-state index is 0.0982. The van der Waals surface area contributed by atoms with Crippen molar-refractivity contribution in [3.8, 4) is 0 Å². The fourth-order valence-electron chi connectivity index (χ4n) is 6.64. The molecule has 4 atom stereocenters. The zero-order valence-electron chi connectivity index (χ0n) is 27.4. The van der Waals surface area contributed by atoms with Gasteiger partial charge in [0.25, 0.3) is 5.91 Å². The Morgan fingerprint density at radius 2 is 1.50 bits per heavy atom. The predicted molar refractivity (Wildman–Crippen MR) is 169 cm³/mol. The summed E-state index contributed by atoms with van der Waals surface area (Å²) >= 11 is 0. The summed E-state index contributed by atoms with van der Waals surface area (Å²) in [4.78, 5) is 73.8. The van der Waals surface area contributed by atoms with Crippen molar-refractivity contribution in [2.75, 3.05) is 51.2 Å². The molecule has 3 saturated heterocycles. The van der Waals surface area contributed by atoms with Gasteiger partial charge in [-0.3, -0.25) is 24.0 Å². The number of carbonyl (C=O) groups is 5. The van der Waals surface area contributed by atoms with Crippen LogP contribution < -0.4 is 15.5 Å². The summed E-state index contributed by atoms with van der Waals surface area (Å²) in [5.74, 6) is -1.31. The van der Waals surface area contributed by atoms with Gasteiger partial charge in [0, 0.05) is 50.9 Å². The number of anilines is 1. The zero-order chi connectivity index (χ0) is 32.3. The fourth-order valence-corrected chi connectivity index (χ4v) is 6.64. The minimum atomic E-state index is -0.802. The number of hydrogen-bond donors (Lipinski definition) is 2. The first-order valence-electron chi connectivity index (χ1n) is 15.9. The maximum Gasteiger partial charge on any atom is 0.251 e. The van der Waals surface area contributed by atoms with Crippen molar-refractivity contribution in [2.24, 2.45) is 11.3 Å². The van der Waals surface area contributed by atoms with E-state index >= 15 is 0 Å². The van der Waals surface area contributed by atoms with Crippen molar-refractivity contribution in [2.45, 2.75) is 85.0 Å². The van der Waals surface area contributed by atoms with Gasteiger partial charge in [-0.25, -0.2) is 0 Å². The van der Waals surface area contributed by atoms with Crippen molar-refractivity contribution in [3.63, 3.8) is 0 Å². The van der Waals surface area contributed by atoms with Gasteiger partial charge >= 0.3 is 0 Å². The molecule has 3 aliphatic rings. The summed E-state index contributed by atoms with van der Waals surface area (Å²) in [6.07, 6.45) is 1.31. The summed E-state index contributed by atoms with van der Waals surface area (Å²) in [5.41, 5.74) is 1.31. The smallest absolute Gasteiger partial charge is 0.251 e. The van der Waals surface area contributed by atoms with Crippen molar-refractivity contribution in [1.29, 1.82) is 0 Å². The zero-order valence-corrected chi connectivity index (χ0v) is 27.4. The molecule has 11 nitrogen and oxygen atoms in total. The van der Waals surface area contributed by atoms with E-state index in [9.17, 15) is 24.0 Å². The lowest BCUT2D eigenvalue weighted by Crippen LogP contribution is -2.53. The first kappa shape index (κ1) is 33.4. The second kappa shape index (κ2) is 13.7. The van der Waals surface area contributed by atoms with Crippen LogP contribution in [0.4, 0.5) is 5.69 Å². The highest BCUT2D eigenvalue weighted by atomic mass is 16.2. The highest BCUT2D eigenvalue weighted by molar-refractivity contribution is 6.01. The van der Waals surface area contributed by atoms with Crippen LogP contribution in [0.25, 0.3) is 0 Å². The molecule has 0 saturated carbocycles. The molecule has 2 N–H and O–H groups in total. The monoisotopic (exact) mass is 610 g/mol. The van der Waals surface area contributed by atoms with E-state index in [1.165, 1.54) is 6.92 Å². The van der Waals surface area contributed by atoms with E-state index < -0.39 is 24.2 Å². The Labute approximate surface area is 261 Å². The topological polar surface area (TPSA) is 122 Å². The first-order chi connectivity index (χ1) is 20.6. The van der Waals surface area contributed by atoms with Crippen molar-refractivity contribution < 1.29 is 24.0 Å². The average molecular weight is 611 g/mol. The molecule has 3 fully saturated rings. The van der Waals surface area contributed by atoms with Crippen molar-refractivity contribution in [3.05, 3.63) is 29.8 Å². The van der Waals surface area contributed by atoms with Gasteiger partial charge < -0.3 is 30.2 Å². The van der Waals surface area contributed by atoms with E-state index in [2.05, 4.69) is 27.5 Å². The number of rotatable bonds is 9. The summed E-state index contributed by atoms with van der Waals surface area (Å²) in [6, 6.07) is 4.71. The number of likely N-dealkylation sites (N-methyl/N-ethyl adjacent to an activating group) is 1. The third-order valence-corrected chi connectivity index (χ3v) is 8.79. The third kappa shape index (κ3) is 7.97. The molecule has 4 unspecified atom stereocenters. The van der Waals surface area contributed by atoms with Crippen LogP contribution in [0.2, 0.25) is 0 Å². The van der Waals surface area contributed by atoms with E-state index in [1.807, 2.05) is 46.8 Å². The van der Waals surface area contributed by atoms with Gasteiger partial charge in [0.1, 0.15) is 18.1 Å². The summed E-state index contributed by atoms with van der Waals surface area (Å²) in [6.45, 7) is 15.4. The standard InChI is InChI=1S/C33H50N6O5/c1-21(2)18-25(35-30(42)23-8-10-24(11-9-23)37-16-14-36(7)15-17-37)31(43)38-13-12-27-29(38)28(41)20-39(27)32(44)26(34-22(3)40)19-33(4,5)6/h8-11,21,25-27,29H,12-20H2,1-7H3,(H,34,40)(H,35,42). The van der Waals surface area contributed by atoms with Crippen molar-refractivity contribution >= 4 is 35.1 Å². The molecular formula is C33H50N6O5. The number of likely N-dealkylation sites (tertiary alicyclic amines) is 2. The van der Waals surface area contributed by atoms with Crippen molar-refractivity contribution in [1.82, 2.24) is 25.3 Å². The number of benzene rings is 1. The van der Waals surface area contributed by atoms with Crippen LogP contribution in [0.15, 0.2) is 24.3 Å². The number of amides is 4. The minimum Gasteiger partial charge on any atom is -0.369 e. The van der Waals surface area contributed by atoms with E-state index in [-0.39, 0.29) is 47.3 Å². The van der Waals surface area contributed by atoms with Crippen LogP contribution >= 0.6 is 0 Å². The Morgan fingerprint density at radius 1 is 0.886 bits per heavy atom. The lowest BCUT2D eigenvalue weighted by Gasteiger charge is -2.34. The summed E-state index contributed by atoms with van der Waals surface area (Å²) in [7, 11) is 2.11. The van der Waals surface area contributed by atoms with E-state index in [0.717, 1.165) is 31.9 Å². The quantitative estimate of drug-likeness (QED) is 0.438. The second-order valence-corrected chi connectivity index (χ2v) is 14.3. The molecule has 4 amide bonds. The number of ketones is 1. The second-order valence-electron chi connectivity index (χ2n) is 14.3. The maximum atomic E-state index is 14.0. The first-order valence-corrected chi connectivity index (χ1v) is 15.9. The Balaban J connectivity index is 1.45. The third-order valence-electron chi connectivity index (χ3n) is 8.79. The molecule has 242 valence electrons. The number of hydrogen-bond acceptors (Lipinski definition) is 7. The van der Waals surface area contributed by atoms with Gasteiger partial charge in [0.05, 0.1) is 12.6 Å². The lowest BCUT2D eigenvalue weighted by molar-refractivity contribution is -0.138. The van der Waals surface area contributed by atoms with E-state index in [4.69, 9.17) is 0 Å². The van der Waals surface area contributed by atoms with Crippen LogP contribution in [-0.2, 0) is 19.2 Å². The highest BCUT2D eigenvalue weighted by Crippen LogP contribution is 2.32. The fraction of sp³-hybridized carbons (Fsp3) is 0.667. The van der Waals surface area contributed by atoms with Gasteiger partial charge in [0.15, 0.2) is 5.78 Å². The molecule has 0 aromatic heterocycles. The van der Waals surface area contributed by atoms with Crippen LogP contribution in [0.3, 0.4) is 0 Å². The molecule has 3 heterocycles. The predicted octanol–water partition coefficient (Wildman–Crippen LogP) is 1.90. The number of piperazine rings is 1. The Kier molecular flexibility index (Phi) is 10.4. The van der Waals surface area contributed by atoms with Crippen LogP contribution in [-0.4, -0.2) is 115 Å². The number of Topliss-reactive ketones (excluding diaryl/α,β-unsaturated/α-hetero) is 1. The van der Waals surface area contributed by atoms with Gasteiger partial charge in [-0.05, 0) is 61.9 Å². The number of carbonyl (C=O) groups excluding carboxylic acids is 5. The summed E-state index contributed by atoms with van der Waals surface area (Å²) in [5, 5.41) is 5.72. The molecule has 0 radical (unpaired) electrons. The van der Waals surface area contributed by atoms with E-state index in [1.54, 1.807) is 21.9 Å². The number of fused-ring (bicyclic) bond motifs is 1. The van der Waals surface area contributed by atoms with Crippen LogP contribution in [0, 0.1) is 11.3 Å². The van der Waals surface area contributed by atoms with Crippen LogP contribution in [0.1, 0.15) is 71.2 Å². The Morgan fingerprint density at radius 3 is 2.07 bits per heavy atom. The Bertz CT molecular complexity index is 1230. The van der Waals surface area contributed by atoms with Crippen LogP contribution in [0.5, 0.6) is 0 Å². The summed E-state index contributed by atoms with van der Waals surface area (Å²) < 4.78 is 0. The Hall–Kier alpha value is -3.47. The average Bonchev–Trinajstić information content (AvgIpc) is 3.52. The number of nitrogens with one attached hydrogen (secondary N) is 2. The van der Waals surface area contributed by atoms with E-state index in [0.29, 0.717) is 31.4 Å². The molecule has 0 aliphatic carbocycles. The molecule has 1 aromatic carbocycles. The molecular weight excluding hydrogens is 560 g/mol. The van der Waals surface area contributed by atoms with Gasteiger partial charge in [-0.2, -0.15) is 0 Å². The number of nitrogens with zero attached hydrogens (tertiary/aromatic N) is 4. The molecule has 1 aromatic rings. The molecule has 44 heavy (non-hydrogen) atoms. The lowest BCUT2D eigenvalue weighted by atomic mass is 9.87. The molecule has 0 bridgehead atoms. The molecule has 4 rings (SSSR count).